The maximum atomic E-state index is 8.37. The van der Waals surface area contributed by atoms with E-state index in [1.807, 2.05) is 0 Å². The molecule has 0 atom stereocenters. The van der Waals surface area contributed by atoms with E-state index < -0.39 is 7.12 Å². The SMILES string of the molecule is COC/C(C)=C/B(O)O. The predicted octanol–water partition coefficient (Wildman–Crippen LogP) is -0.409. The second-order valence-corrected chi connectivity index (χ2v) is 1.86. The third-order valence-electron chi connectivity index (χ3n) is 0.806. The van der Waals surface area contributed by atoms with Crippen LogP contribution >= 0.6 is 0 Å². The lowest BCUT2D eigenvalue weighted by molar-refractivity contribution is 0.225. The van der Waals surface area contributed by atoms with Crippen molar-refractivity contribution < 1.29 is 14.8 Å². The predicted molar refractivity (Wildman–Crippen MR) is 35.8 cm³/mol. The molecular formula is C5H11BO3. The molecule has 0 radical (unpaired) electrons. The quantitative estimate of drug-likeness (QED) is 0.510. The molecule has 0 aromatic heterocycles. The average molecular weight is 130 g/mol. The van der Waals surface area contributed by atoms with Crippen LogP contribution in [0.4, 0.5) is 0 Å². The normalized spacial score (nSPS) is 11.8. The molecule has 0 aliphatic rings. The monoisotopic (exact) mass is 130 g/mol. The van der Waals surface area contributed by atoms with Crippen molar-refractivity contribution in [3.05, 3.63) is 11.5 Å². The molecule has 0 spiro atoms. The van der Waals surface area contributed by atoms with E-state index in [1.165, 1.54) is 5.98 Å². The van der Waals surface area contributed by atoms with Gasteiger partial charge < -0.3 is 14.8 Å². The molecule has 0 aromatic carbocycles. The second kappa shape index (κ2) is 4.55. The van der Waals surface area contributed by atoms with E-state index in [-0.39, 0.29) is 0 Å². The van der Waals surface area contributed by atoms with Crippen LogP contribution < -0.4 is 0 Å². The number of hydrogen-bond acceptors (Lipinski definition) is 3. The Labute approximate surface area is 55.1 Å². The smallest absolute Gasteiger partial charge is 0.424 e. The van der Waals surface area contributed by atoms with Crippen LogP contribution in [0.2, 0.25) is 0 Å². The zero-order valence-corrected chi connectivity index (χ0v) is 5.66. The van der Waals surface area contributed by atoms with Crippen molar-refractivity contribution in [1.82, 2.24) is 0 Å². The Balaban J connectivity index is 3.55. The summed E-state index contributed by atoms with van der Waals surface area (Å²) in [5.74, 6) is 1.32. The van der Waals surface area contributed by atoms with E-state index in [0.717, 1.165) is 5.57 Å². The maximum absolute atomic E-state index is 8.37. The second-order valence-electron chi connectivity index (χ2n) is 1.86. The Morgan fingerprint density at radius 1 is 1.67 bits per heavy atom. The Morgan fingerprint density at radius 3 is 2.56 bits per heavy atom. The first kappa shape index (κ1) is 8.68. The van der Waals surface area contributed by atoms with Crippen LogP contribution in [0.5, 0.6) is 0 Å². The van der Waals surface area contributed by atoms with E-state index in [0.29, 0.717) is 6.61 Å². The van der Waals surface area contributed by atoms with Gasteiger partial charge in [0, 0.05) is 7.11 Å². The van der Waals surface area contributed by atoms with Gasteiger partial charge in [-0.05, 0) is 6.92 Å². The van der Waals surface area contributed by atoms with Gasteiger partial charge in [-0.2, -0.15) is 0 Å². The highest BCUT2D eigenvalue weighted by atomic mass is 16.5. The molecule has 0 saturated heterocycles. The van der Waals surface area contributed by atoms with Gasteiger partial charge >= 0.3 is 7.12 Å². The summed E-state index contributed by atoms with van der Waals surface area (Å²) in [7, 11) is 0.196. The van der Waals surface area contributed by atoms with Gasteiger partial charge in [-0.15, -0.1) is 0 Å². The molecule has 0 saturated carbocycles. The summed E-state index contributed by atoms with van der Waals surface area (Å²) >= 11 is 0. The molecule has 9 heavy (non-hydrogen) atoms. The van der Waals surface area contributed by atoms with Crippen molar-refractivity contribution in [1.29, 1.82) is 0 Å². The molecule has 0 amide bonds. The van der Waals surface area contributed by atoms with Crippen molar-refractivity contribution in [2.45, 2.75) is 6.92 Å². The van der Waals surface area contributed by atoms with E-state index in [9.17, 15) is 0 Å². The molecule has 0 unspecified atom stereocenters. The van der Waals surface area contributed by atoms with Gasteiger partial charge in [-0.25, -0.2) is 0 Å². The van der Waals surface area contributed by atoms with Gasteiger partial charge in [-0.1, -0.05) is 11.5 Å². The molecule has 0 aliphatic carbocycles. The van der Waals surface area contributed by atoms with Crippen molar-refractivity contribution in [2.75, 3.05) is 13.7 Å². The highest BCUT2D eigenvalue weighted by Gasteiger charge is 2.00. The first-order valence-electron chi connectivity index (χ1n) is 2.69. The molecular weight excluding hydrogens is 119 g/mol. The zero-order chi connectivity index (χ0) is 7.28. The summed E-state index contributed by atoms with van der Waals surface area (Å²) in [5.41, 5.74) is 0.813. The summed E-state index contributed by atoms with van der Waals surface area (Å²) in [6.45, 7) is 2.21. The average Bonchev–Trinajstić information content (AvgIpc) is 1.63. The van der Waals surface area contributed by atoms with E-state index in [1.54, 1.807) is 14.0 Å². The fraction of sp³-hybridized carbons (Fsp3) is 0.600. The molecule has 3 nitrogen and oxygen atoms in total. The van der Waals surface area contributed by atoms with Crippen molar-refractivity contribution in [2.24, 2.45) is 0 Å². The molecule has 0 aromatic rings. The number of methoxy groups -OCH3 is 1. The van der Waals surface area contributed by atoms with Gasteiger partial charge in [0.2, 0.25) is 0 Å². The van der Waals surface area contributed by atoms with Crippen LogP contribution in [0.15, 0.2) is 11.5 Å². The molecule has 0 aliphatic heterocycles. The minimum absolute atomic E-state index is 0.442. The van der Waals surface area contributed by atoms with Gasteiger partial charge in [0.25, 0.3) is 0 Å². The third-order valence-corrected chi connectivity index (χ3v) is 0.806. The fourth-order valence-corrected chi connectivity index (χ4v) is 0.530. The largest absolute Gasteiger partial charge is 0.480 e. The van der Waals surface area contributed by atoms with Gasteiger partial charge in [0.1, 0.15) is 0 Å². The number of hydrogen-bond donors (Lipinski definition) is 2. The lowest BCUT2D eigenvalue weighted by atomic mass is 9.89. The molecule has 0 bridgehead atoms. The minimum Gasteiger partial charge on any atom is -0.424 e. The first-order chi connectivity index (χ1) is 4.16. The summed E-state index contributed by atoms with van der Waals surface area (Å²) in [4.78, 5) is 0. The topological polar surface area (TPSA) is 49.7 Å². The molecule has 0 fully saturated rings. The van der Waals surface area contributed by atoms with Crippen LogP contribution in [0.25, 0.3) is 0 Å². The van der Waals surface area contributed by atoms with Crippen molar-refractivity contribution >= 4 is 7.12 Å². The number of rotatable bonds is 3. The van der Waals surface area contributed by atoms with Gasteiger partial charge in [0.05, 0.1) is 6.61 Å². The highest BCUT2D eigenvalue weighted by molar-refractivity contribution is 6.47. The molecule has 0 heterocycles. The van der Waals surface area contributed by atoms with Crippen molar-refractivity contribution in [3.8, 4) is 0 Å². The summed E-state index contributed by atoms with van der Waals surface area (Å²) in [5, 5.41) is 16.7. The molecule has 4 heteroatoms. The lowest BCUT2D eigenvalue weighted by Gasteiger charge is -1.96. The molecule has 52 valence electrons. The van der Waals surface area contributed by atoms with Gasteiger partial charge in [-0.3, -0.25) is 0 Å². The van der Waals surface area contributed by atoms with E-state index >= 15 is 0 Å². The van der Waals surface area contributed by atoms with Gasteiger partial charge in [0.15, 0.2) is 0 Å². The van der Waals surface area contributed by atoms with E-state index in [2.05, 4.69) is 0 Å². The standard InChI is InChI=1S/C5H11BO3/c1-5(4-9-2)3-6(7)8/h3,7-8H,4H2,1-2H3/b5-3+. The lowest BCUT2D eigenvalue weighted by Crippen LogP contribution is -2.08. The Hall–Kier alpha value is -0.315. The van der Waals surface area contributed by atoms with Crippen LogP contribution in [0.1, 0.15) is 6.92 Å². The first-order valence-corrected chi connectivity index (χ1v) is 2.69. The Morgan fingerprint density at radius 2 is 2.22 bits per heavy atom. The summed E-state index contributed by atoms with van der Waals surface area (Å²) < 4.78 is 4.71. The van der Waals surface area contributed by atoms with Crippen molar-refractivity contribution in [3.63, 3.8) is 0 Å². The summed E-state index contributed by atoms with van der Waals surface area (Å²) in [6.07, 6.45) is 0. The molecule has 2 N–H and O–H groups in total. The van der Waals surface area contributed by atoms with Crippen LogP contribution in [-0.4, -0.2) is 30.9 Å². The maximum Gasteiger partial charge on any atom is 0.480 e. The van der Waals surface area contributed by atoms with Crippen LogP contribution in [-0.2, 0) is 4.74 Å². The van der Waals surface area contributed by atoms with Crippen LogP contribution in [0.3, 0.4) is 0 Å². The van der Waals surface area contributed by atoms with E-state index in [4.69, 9.17) is 14.8 Å². The molecule has 0 rings (SSSR count). The zero-order valence-electron chi connectivity index (χ0n) is 5.66. The third kappa shape index (κ3) is 5.56. The Bertz CT molecular complexity index is 100. The number of ether oxygens (including phenoxy) is 1. The van der Waals surface area contributed by atoms with Crippen LogP contribution in [0, 0.1) is 0 Å². The Kier molecular flexibility index (Phi) is 4.39. The summed E-state index contributed by atoms with van der Waals surface area (Å²) in [6, 6.07) is 0. The fourth-order valence-electron chi connectivity index (χ4n) is 0.530. The minimum atomic E-state index is -1.36. The highest BCUT2D eigenvalue weighted by Crippen LogP contribution is 1.91.